The third-order valence-electron chi connectivity index (χ3n) is 15.9. The summed E-state index contributed by atoms with van der Waals surface area (Å²) in [5.41, 5.74) is 10.4. The van der Waals surface area contributed by atoms with Crippen LogP contribution in [0.5, 0.6) is 6.01 Å². The average Bonchev–Trinajstić information content (AvgIpc) is 4.10. The van der Waals surface area contributed by atoms with E-state index in [9.17, 15) is 19.5 Å². The number of nitrogen functional groups attached to an aromatic ring is 1. The number of likely N-dealkylation sites (tertiary alicyclic amines) is 1. The lowest BCUT2D eigenvalue weighted by Gasteiger charge is -2.40. The minimum Gasteiger partial charge on any atom is -0.463 e. The van der Waals surface area contributed by atoms with Crippen LogP contribution in [-0.4, -0.2) is 137 Å². The minimum absolute atomic E-state index is 0.0359. The smallest absolute Gasteiger partial charge is 0.319 e. The molecule has 2 atom stereocenters. The maximum Gasteiger partial charge on any atom is 0.319 e. The Kier molecular flexibility index (Phi) is 12.5. The van der Waals surface area contributed by atoms with Crippen LogP contribution in [0.4, 0.5) is 26.0 Å². The molecule has 4 saturated heterocycles. The van der Waals surface area contributed by atoms with Crippen molar-refractivity contribution in [2.24, 2.45) is 11.3 Å². The highest BCUT2D eigenvalue weighted by molar-refractivity contribution is 6.06. The van der Waals surface area contributed by atoms with E-state index in [0.717, 1.165) is 95.7 Å². The van der Waals surface area contributed by atoms with Crippen LogP contribution in [-0.2, 0) is 22.6 Å². The first-order valence-electron chi connectivity index (χ1n) is 25.3. The second kappa shape index (κ2) is 18.9. The summed E-state index contributed by atoms with van der Waals surface area (Å²) in [6, 6.07) is 12.0. The highest BCUT2D eigenvalue weighted by Gasteiger charge is 2.46. The summed E-state index contributed by atoms with van der Waals surface area (Å²) in [6.45, 7) is 11.6. The van der Waals surface area contributed by atoms with Crippen LogP contribution in [0, 0.1) is 23.0 Å². The van der Waals surface area contributed by atoms with Crippen LogP contribution in [0.3, 0.4) is 0 Å². The zero-order valence-corrected chi connectivity index (χ0v) is 39.9. The molecule has 6 aliphatic rings. The van der Waals surface area contributed by atoms with Crippen molar-refractivity contribution in [2.75, 3.05) is 87.6 Å². The summed E-state index contributed by atoms with van der Waals surface area (Å²) in [4.78, 5) is 63.0. The number of nitrogens with one attached hydrogen (secondary N) is 1. The van der Waals surface area contributed by atoms with Crippen molar-refractivity contribution < 1.29 is 33.0 Å². The molecule has 2 aromatic heterocycles. The number of aromatic nitrogens is 3. The Balaban J connectivity index is 0.721. The number of halogens is 2. The van der Waals surface area contributed by atoms with E-state index in [-0.39, 0.29) is 46.7 Å². The Morgan fingerprint density at radius 2 is 1.69 bits per heavy atom. The van der Waals surface area contributed by atoms with Gasteiger partial charge in [0, 0.05) is 99.4 Å². The highest BCUT2D eigenvalue weighted by Crippen LogP contribution is 2.47. The number of fused-ring (bicyclic) bond motifs is 3. The topological polar surface area (TPSA) is 174 Å². The van der Waals surface area contributed by atoms with Crippen molar-refractivity contribution in [3.05, 3.63) is 77.0 Å². The Labute approximate surface area is 406 Å². The maximum absolute atomic E-state index is 17.2. The second-order valence-electron chi connectivity index (χ2n) is 20.7. The molecule has 7 heterocycles. The van der Waals surface area contributed by atoms with E-state index in [4.69, 9.17) is 20.4 Å². The fraction of sp³-hybridized carbons (Fsp3) is 0.509. The normalized spacial score (nSPS) is 22.5. The molecule has 17 heteroatoms. The molecule has 5 aliphatic heterocycles. The lowest BCUT2D eigenvalue weighted by atomic mass is 9.94. The number of nitrogens with zero attached hydrogens (tertiary/aromatic N) is 8. The molecule has 5 aromatic rings. The van der Waals surface area contributed by atoms with Crippen molar-refractivity contribution in [1.29, 1.82) is 0 Å². The molecule has 1 saturated carbocycles. The fourth-order valence-corrected chi connectivity index (χ4v) is 11.7. The zero-order chi connectivity index (χ0) is 48.3. The number of amides is 3. The van der Waals surface area contributed by atoms with Gasteiger partial charge < -0.3 is 35.2 Å². The molecule has 4 N–H and O–H groups in total. The molecule has 5 fully saturated rings. The molecule has 368 valence electrons. The third-order valence-corrected chi connectivity index (χ3v) is 15.9. The number of aliphatic hydroxyl groups excluding tert-OH is 1. The van der Waals surface area contributed by atoms with Gasteiger partial charge in [0.15, 0.2) is 5.82 Å². The van der Waals surface area contributed by atoms with E-state index >= 15 is 8.78 Å². The predicted octanol–water partition coefficient (Wildman–Crippen LogP) is 6.07. The monoisotopic (exact) mass is 956 g/mol. The number of piperazine rings is 1. The number of hydrogen-bond donors (Lipinski definition) is 3. The van der Waals surface area contributed by atoms with Gasteiger partial charge in [-0.1, -0.05) is 13.0 Å². The lowest BCUT2D eigenvalue weighted by molar-refractivity contribution is -0.136. The van der Waals surface area contributed by atoms with E-state index < -0.39 is 23.9 Å². The van der Waals surface area contributed by atoms with Crippen molar-refractivity contribution in [3.63, 3.8) is 0 Å². The second-order valence-corrected chi connectivity index (χ2v) is 20.7. The van der Waals surface area contributed by atoms with Gasteiger partial charge >= 0.3 is 6.01 Å². The van der Waals surface area contributed by atoms with Crippen LogP contribution >= 0.6 is 0 Å². The fourth-order valence-electron chi connectivity index (χ4n) is 11.7. The Hall–Kier alpha value is -6.04. The van der Waals surface area contributed by atoms with Gasteiger partial charge in [0.2, 0.25) is 11.8 Å². The van der Waals surface area contributed by atoms with Gasteiger partial charge in [-0.15, -0.1) is 0 Å². The molecule has 1 aliphatic carbocycles. The van der Waals surface area contributed by atoms with E-state index in [1.54, 1.807) is 29.3 Å². The third kappa shape index (κ3) is 9.11. The number of imide groups is 1. The van der Waals surface area contributed by atoms with Gasteiger partial charge in [-0.05, 0) is 135 Å². The van der Waals surface area contributed by atoms with Gasteiger partial charge in [0.05, 0.1) is 18.1 Å². The number of rotatable bonds is 12. The first-order chi connectivity index (χ1) is 33.9. The lowest BCUT2D eigenvalue weighted by Crippen LogP contribution is -2.52. The molecule has 11 rings (SSSR count). The number of ether oxygens (including phenoxy) is 1. The van der Waals surface area contributed by atoms with Gasteiger partial charge in [0.1, 0.15) is 28.9 Å². The standard InChI is InChI=1S/C53H62F2N10O5/c1-2-38-42(54)8-5-33-24-35(56)26-40(45(33)38)47-46(55)48-41(27-57-47)49(64-16-3-4-37(66)13-19-64)60-52(59-48)70-31-53(14-15-53)30-62-17-11-32(12-18-62)28-61-20-22-63(23-21-61)36-6-7-39-34(25-36)29-65(51(39)69)43-9-10-44(67)58-50(43)68/h5-8,24-27,32,37,43,66H,2-4,9-23,28-31,56H2,1H3,(H,58,67,68)/t37-,43+/m1/s1. The molecule has 3 aromatic carbocycles. The highest BCUT2D eigenvalue weighted by atomic mass is 19.1. The van der Waals surface area contributed by atoms with Crippen LogP contribution in [0.1, 0.15) is 86.2 Å². The Bertz CT molecular complexity index is 2860. The van der Waals surface area contributed by atoms with Crippen LogP contribution in [0.2, 0.25) is 0 Å². The van der Waals surface area contributed by atoms with E-state index in [2.05, 4.69) is 36.0 Å². The van der Waals surface area contributed by atoms with Crippen LogP contribution in [0.25, 0.3) is 32.9 Å². The van der Waals surface area contributed by atoms with E-state index in [1.807, 2.05) is 19.1 Å². The van der Waals surface area contributed by atoms with Crippen molar-refractivity contribution >= 4 is 56.6 Å². The first kappa shape index (κ1) is 46.3. The number of nitrogens with two attached hydrogens (primary N) is 1. The molecule has 0 bridgehead atoms. The number of piperidine rings is 2. The first-order valence-corrected chi connectivity index (χ1v) is 25.3. The number of hydrogen-bond acceptors (Lipinski definition) is 13. The SMILES string of the molecule is CCc1c(F)ccc2cc(N)cc(-c3ncc4c(N5CCC[C@@H](O)CC5)nc(OCC5(CN6CCC(CN7CCN(c8ccc9c(c8)CN([C@H]8CCC(=O)NC8=O)C9=O)CC7)CC6)CC5)nc4c3F)c12. The van der Waals surface area contributed by atoms with Crippen LogP contribution < -0.4 is 25.6 Å². The maximum atomic E-state index is 17.2. The molecule has 70 heavy (non-hydrogen) atoms. The zero-order valence-electron chi connectivity index (χ0n) is 39.9. The molecular formula is C53H62F2N10O5. The van der Waals surface area contributed by atoms with Crippen LogP contribution in [0.15, 0.2) is 48.7 Å². The summed E-state index contributed by atoms with van der Waals surface area (Å²) in [5.74, 6) is -0.694. The molecule has 3 amide bonds. The quantitative estimate of drug-likeness (QED) is 0.0973. The van der Waals surface area contributed by atoms with Crippen molar-refractivity contribution in [1.82, 2.24) is 35.0 Å². The number of aryl methyl sites for hydroxylation is 1. The predicted molar refractivity (Wildman–Crippen MR) is 264 cm³/mol. The molecule has 0 radical (unpaired) electrons. The summed E-state index contributed by atoms with van der Waals surface area (Å²) < 4.78 is 38.9. The largest absolute Gasteiger partial charge is 0.463 e. The summed E-state index contributed by atoms with van der Waals surface area (Å²) >= 11 is 0. The minimum atomic E-state index is -0.649. The number of aliphatic hydroxyl groups is 1. The van der Waals surface area contributed by atoms with Gasteiger partial charge in [-0.25, -0.2) is 8.78 Å². The number of pyridine rings is 1. The van der Waals surface area contributed by atoms with Gasteiger partial charge in [0.25, 0.3) is 5.91 Å². The molecule has 0 spiro atoms. The number of carbonyl (C=O) groups excluding carboxylic acids is 3. The van der Waals surface area contributed by atoms with E-state index in [1.165, 1.54) is 6.07 Å². The molecule has 0 unspecified atom stereocenters. The molecular weight excluding hydrogens is 895 g/mol. The van der Waals surface area contributed by atoms with Crippen molar-refractivity contribution in [2.45, 2.75) is 89.8 Å². The van der Waals surface area contributed by atoms with E-state index in [0.29, 0.717) is 102 Å². The summed E-state index contributed by atoms with van der Waals surface area (Å²) in [6.07, 6.45) is 8.49. The number of benzene rings is 3. The van der Waals surface area contributed by atoms with Crippen molar-refractivity contribution in [3.8, 4) is 17.3 Å². The number of anilines is 3. The molecule has 15 nitrogen and oxygen atoms in total. The Morgan fingerprint density at radius 1 is 0.871 bits per heavy atom. The van der Waals surface area contributed by atoms with Gasteiger partial charge in [-0.2, -0.15) is 9.97 Å². The average molecular weight is 957 g/mol. The summed E-state index contributed by atoms with van der Waals surface area (Å²) in [7, 11) is 0. The number of carbonyl (C=O) groups is 3. The Morgan fingerprint density at radius 3 is 2.46 bits per heavy atom. The summed E-state index contributed by atoms with van der Waals surface area (Å²) in [5, 5.41) is 14.6. The van der Waals surface area contributed by atoms with Gasteiger partial charge in [-0.3, -0.25) is 29.6 Å².